The average molecular weight is 226 g/mol. The smallest absolute Gasteiger partial charge is 0.242 e. The summed E-state index contributed by atoms with van der Waals surface area (Å²) in [6, 6.07) is 0.216. The predicted molar refractivity (Wildman–Crippen MR) is 58.5 cm³/mol. The van der Waals surface area contributed by atoms with Crippen molar-refractivity contribution in [2.45, 2.75) is 45.9 Å². The van der Waals surface area contributed by atoms with Gasteiger partial charge in [0.1, 0.15) is 12.2 Å². The molecule has 0 saturated heterocycles. The first-order valence-electron chi connectivity index (χ1n) is 5.48. The van der Waals surface area contributed by atoms with Crippen molar-refractivity contribution >= 4 is 5.91 Å². The molecule has 6 nitrogen and oxygen atoms in total. The number of aromatic nitrogens is 3. The molecule has 0 spiro atoms. The van der Waals surface area contributed by atoms with Gasteiger partial charge in [0.15, 0.2) is 0 Å². The molecule has 1 rings (SSSR count). The number of amides is 1. The quantitative estimate of drug-likeness (QED) is 0.719. The van der Waals surface area contributed by atoms with Crippen molar-refractivity contribution in [2.24, 2.45) is 0 Å². The van der Waals surface area contributed by atoms with Crippen molar-refractivity contribution in [3.8, 4) is 0 Å². The molecule has 2 N–H and O–H groups in total. The zero-order valence-corrected chi connectivity index (χ0v) is 9.68. The van der Waals surface area contributed by atoms with Gasteiger partial charge in [-0.3, -0.25) is 4.79 Å². The molecule has 1 aromatic heterocycles. The Morgan fingerprint density at radius 3 is 2.75 bits per heavy atom. The first-order valence-corrected chi connectivity index (χ1v) is 5.48. The highest BCUT2D eigenvalue weighted by molar-refractivity contribution is 5.75. The van der Waals surface area contributed by atoms with Gasteiger partial charge >= 0.3 is 0 Å². The lowest BCUT2D eigenvalue weighted by molar-refractivity contribution is -0.122. The van der Waals surface area contributed by atoms with Gasteiger partial charge in [0.25, 0.3) is 0 Å². The second kappa shape index (κ2) is 6.22. The Morgan fingerprint density at radius 1 is 1.56 bits per heavy atom. The van der Waals surface area contributed by atoms with Gasteiger partial charge < -0.3 is 10.4 Å². The molecule has 0 atom stereocenters. The second-order valence-corrected chi connectivity index (χ2v) is 3.65. The van der Waals surface area contributed by atoms with Crippen LogP contribution in [0.25, 0.3) is 0 Å². The number of aliphatic hydroxyl groups is 1. The fourth-order valence-electron chi connectivity index (χ4n) is 1.40. The van der Waals surface area contributed by atoms with E-state index in [2.05, 4.69) is 15.6 Å². The van der Waals surface area contributed by atoms with Crippen molar-refractivity contribution in [2.75, 3.05) is 0 Å². The molecule has 0 aromatic carbocycles. The average Bonchev–Trinajstić information content (AvgIpc) is 2.73. The highest BCUT2D eigenvalue weighted by atomic mass is 16.3. The fourth-order valence-corrected chi connectivity index (χ4v) is 1.40. The lowest BCUT2D eigenvalue weighted by Crippen LogP contribution is -2.36. The second-order valence-electron chi connectivity index (χ2n) is 3.65. The number of hydrogen-bond donors (Lipinski definition) is 2. The largest absolute Gasteiger partial charge is 0.390 e. The van der Waals surface area contributed by atoms with E-state index in [-0.39, 0.29) is 25.1 Å². The van der Waals surface area contributed by atoms with E-state index < -0.39 is 0 Å². The van der Waals surface area contributed by atoms with E-state index >= 15 is 0 Å². The molecule has 0 saturated carbocycles. The first-order chi connectivity index (χ1) is 7.69. The van der Waals surface area contributed by atoms with Crippen LogP contribution in [0.4, 0.5) is 0 Å². The van der Waals surface area contributed by atoms with E-state index in [9.17, 15) is 4.79 Å². The highest BCUT2D eigenvalue weighted by Crippen LogP contribution is 1.97. The molecule has 1 heterocycles. The number of carbonyl (C=O) groups is 1. The molecule has 0 aliphatic heterocycles. The van der Waals surface area contributed by atoms with Crippen molar-refractivity contribution in [3.05, 3.63) is 11.9 Å². The third-order valence-corrected chi connectivity index (χ3v) is 2.40. The minimum atomic E-state index is -0.159. The van der Waals surface area contributed by atoms with Crippen LogP contribution < -0.4 is 5.32 Å². The van der Waals surface area contributed by atoms with Gasteiger partial charge in [-0.1, -0.05) is 19.1 Å². The van der Waals surface area contributed by atoms with Gasteiger partial charge in [-0.05, 0) is 12.8 Å². The van der Waals surface area contributed by atoms with Gasteiger partial charge in [0.05, 0.1) is 12.8 Å². The van der Waals surface area contributed by atoms with Crippen LogP contribution in [-0.2, 0) is 17.9 Å². The molecule has 1 aromatic rings. The Hall–Kier alpha value is -1.43. The first kappa shape index (κ1) is 12.6. The minimum absolute atomic E-state index is 0.0805. The Labute approximate surface area is 94.7 Å². The molecule has 1 amide bonds. The van der Waals surface area contributed by atoms with Gasteiger partial charge in [0.2, 0.25) is 5.91 Å². The molecule has 6 heteroatoms. The summed E-state index contributed by atoms with van der Waals surface area (Å²) in [6.07, 6.45) is 3.40. The van der Waals surface area contributed by atoms with E-state index in [1.54, 1.807) is 6.20 Å². The van der Waals surface area contributed by atoms with Gasteiger partial charge in [-0.15, -0.1) is 5.10 Å². The molecule has 0 bridgehead atoms. The zero-order chi connectivity index (χ0) is 12.0. The third-order valence-electron chi connectivity index (χ3n) is 2.40. The van der Waals surface area contributed by atoms with Crippen LogP contribution in [0.1, 0.15) is 32.4 Å². The number of rotatable bonds is 6. The molecule has 0 unspecified atom stereocenters. The number of hydrogen-bond acceptors (Lipinski definition) is 4. The summed E-state index contributed by atoms with van der Waals surface area (Å²) in [5.41, 5.74) is 0.468. The van der Waals surface area contributed by atoms with Crippen LogP contribution in [0.3, 0.4) is 0 Å². The molecule has 90 valence electrons. The van der Waals surface area contributed by atoms with Crippen LogP contribution in [0.2, 0.25) is 0 Å². The van der Waals surface area contributed by atoms with E-state index in [0.29, 0.717) is 5.69 Å². The summed E-state index contributed by atoms with van der Waals surface area (Å²) in [7, 11) is 0. The topological polar surface area (TPSA) is 80.0 Å². The van der Waals surface area contributed by atoms with Gasteiger partial charge in [-0.25, -0.2) is 4.68 Å². The third kappa shape index (κ3) is 3.62. The molecule has 0 radical (unpaired) electrons. The van der Waals surface area contributed by atoms with Crippen LogP contribution in [0.5, 0.6) is 0 Å². The van der Waals surface area contributed by atoms with Crippen molar-refractivity contribution in [1.29, 1.82) is 0 Å². The van der Waals surface area contributed by atoms with Gasteiger partial charge in [0, 0.05) is 6.04 Å². The zero-order valence-electron chi connectivity index (χ0n) is 9.68. The number of aliphatic hydroxyl groups excluding tert-OH is 1. The lowest BCUT2D eigenvalue weighted by atomic mass is 10.2. The van der Waals surface area contributed by atoms with Gasteiger partial charge in [-0.2, -0.15) is 0 Å². The maximum Gasteiger partial charge on any atom is 0.242 e. The Balaban J connectivity index is 2.44. The minimum Gasteiger partial charge on any atom is -0.390 e. The molecular formula is C10H18N4O2. The summed E-state index contributed by atoms with van der Waals surface area (Å²) in [4.78, 5) is 11.6. The van der Waals surface area contributed by atoms with Crippen LogP contribution >= 0.6 is 0 Å². The fraction of sp³-hybridized carbons (Fsp3) is 0.700. The van der Waals surface area contributed by atoms with E-state index in [0.717, 1.165) is 12.8 Å². The molecule has 0 aliphatic carbocycles. The Kier molecular flexibility index (Phi) is 4.91. The Morgan fingerprint density at radius 2 is 2.25 bits per heavy atom. The Bertz CT molecular complexity index is 333. The summed E-state index contributed by atoms with van der Waals surface area (Å²) in [6.45, 7) is 4.05. The lowest BCUT2D eigenvalue weighted by Gasteiger charge is -2.14. The van der Waals surface area contributed by atoms with E-state index in [1.165, 1.54) is 4.68 Å². The van der Waals surface area contributed by atoms with E-state index in [4.69, 9.17) is 5.11 Å². The highest BCUT2D eigenvalue weighted by Gasteiger charge is 2.09. The molecule has 0 fully saturated rings. The van der Waals surface area contributed by atoms with Crippen molar-refractivity contribution in [1.82, 2.24) is 20.3 Å². The van der Waals surface area contributed by atoms with Crippen LogP contribution in [0.15, 0.2) is 6.20 Å². The maximum atomic E-state index is 11.6. The van der Waals surface area contributed by atoms with Crippen LogP contribution in [0, 0.1) is 0 Å². The predicted octanol–water partition coefficient (Wildman–Crippen LogP) is 0.0752. The number of nitrogens with one attached hydrogen (secondary N) is 1. The standard InChI is InChI=1S/C10H18N4O2/c1-3-8(4-2)11-10(16)6-14-5-9(7-15)12-13-14/h5,8,15H,3-4,6-7H2,1-2H3,(H,11,16). The maximum absolute atomic E-state index is 11.6. The monoisotopic (exact) mass is 226 g/mol. The number of carbonyl (C=O) groups excluding carboxylic acids is 1. The molecule has 16 heavy (non-hydrogen) atoms. The van der Waals surface area contributed by atoms with Crippen LogP contribution in [-0.4, -0.2) is 32.0 Å². The number of nitrogens with zero attached hydrogens (tertiary/aromatic N) is 3. The summed E-state index contributed by atoms with van der Waals surface area (Å²) in [5.74, 6) is -0.0805. The van der Waals surface area contributed by atoms with Crippen molar-refractivity contribution < 1.29 is 9.90 Å². The normalized spacial score (nSPS) is 10.8. The summed E-state index contributed by atoms with van der Waals surface area (Å²) < 4.78 is 1.42. The van der Waals surface area contributed by atoms with E-state index in [1.807, 2.05) is 13.8 Å². The summed E-state index contributed by atoms with van der Waals surface area (Å²) >= 11 is 0. The molecule has 0 aliphatic rings. The SMILES string of the molecule is CCC(CC)NC(=O)Cn1cc(CO)nn1. The van der Waals surface area contributed by atoms with Crippen molar-refractivity contribution in [3.63, 3.8) is 0 Å². The molecular weight excluding hydrogens is 208 g/mol. The summed E-state index contributed by atoms with van der Waals surface area (Å²) in [5, 5.41) is 19.1.